The molecule has 1 unspecified atom stereocenters. The fraction of sp³-hybridized carbons (Fsp3) is 0.417. The number of benzene rings is 1. The van der Waals surface area contributed by atoms with E-state index in [4.69, 9.17) is 11.6 Å². The Bertz CT molecular complexity index is 359. The van der Waals surface area contributed by atoms with E-state index in [0.717, 1.165) is 5.56 Å². The monoisotopic (exact) mass is 241 g/mol. The summed E-state index contributed by atoms with van der Waals surface area (Å²) >= 11 is 5.85. The molecule has 0 saturated carbocycles. The Balaban J connectivity index is 2.66. The van der Waals surface area contributed by atoms with Gasteiger partial charge in [0, 0.05) is 17.1 Å². The Morgan fingerprint density at radius 1 is 1.50 bits per heavy atom. The first-order chi connectivity index (χ1) is 7.52. The van der Waals surface area contributed by atoms with Crippen molar-refractivity contribution in [2.45, 2.75) is 26.4 Å². The zero-order valence-corrected chi connectivity index (χ0v) is 10.2. The average Bonchev–Trinajstić information content (AvgIpc) is 2.23. The maximum Gasteiger partial charge on any atom is 0.251 e. The summed E-state index contributed by atoms with van der Waals surface area (Å²) in [6, 6.07) is 5.17. The summed E-state index contributed by atoms with van der Waals surface area (Å²) in [5, 5.41) is 12.5. The number of rotatable bonds is 4. The molecule has 16 heavy (non-hydrogen) atoms. The molecule has 0 saturated heterocycles. The standard InChI is InChI=1S/C12H16ClNO2/c1-3-11(15)7-14-12(16)9-4-8(2)5-10(13)6-9/h4-6,11,15H,3,7H2,1-2H3,(H,14,16). The van der Waals surface area contributed by atoms with Crippen LogP contribution in [0.25, 0.3) is 0 Å². The van der Waals surface area contributed by atoms with Crippen LogP contribution in [0.15, 0.2) is 18.2 Å². The maximum atomic E-state index is 11.7. The second-order valence-corrected chi connectivity index (χ2v) is 4.23. The number of aliphatic hydroxyl groups excluding tert-OH is 1. The molecule has 88 valence electrons. The second kappa shape index (κ2) is 5.87. The van der Waals surface area contributed by atoms with Gasteiger partial charge in [0.15, 0.2) is 0 Å². The first-order valence-electron chi connectivity index (χ1n) is 5.26. The number of aliphatic hydroxyl groups is 1. The van der Waals surface area contributed by atoms with Crippen LogP contribution < -0.4 is 5.32 Å². The topological polar surface area (TPSA) is 49.3 Å². The highest BCUT2D eigenvalue weighted by Gasteiger charge is 2.08. The molecule has 0 aromatic heterocycles. The first-order valence-corrected chi connectivity index (χ1v) is 5.64. The van der Waals surface area contributed by atoms with Gasteiger partial charge >= 0.3 is 0 Å². The third-order valence-corrected chi connectivity index (χ3v) is 2.49. The molecule has 0 aliphatic heterocycles. The summed E-state index contributed by atoms with van der Waals surface area (Å²) in [5.74, 6) is -0.210. The van der Waals surface area contributed by atoms with Crippen molar-refractivity contribution in [3.05, 3.63) is 34.3 Å². The predicted octanol–water partition coefficient (Wildman–Crippen LogP) is 2.15. The van der Waals surface area contributed by atoms with Crippen LogP contribution in [0, 0.1) is 6.92 Å². The van der Waals surface area contributed by atoms with Crippen LogP contribution in [0.1, 0.15) is 29.3 Å². The van der Waals surface area contributed by atoms with E-state index in [1.54, 1.807) is 18.2 Å². The van der Waals surface area contributed by atoms with Crippen molar-refractivity contribution in [1.82, 2.24) is 5.32 Å². The number of halogens is 1. The second-order valence-electron chi connectivity index (χ2n) is 3.79. The molecular formula is C12H16ClNO2. The van der Waals surface area contributed by atoms with E-state index in [9.17, 15) is 9.90 Å². The van der Waals surface area contributed by atoms with Gasteiger partial charge in [-0.25, -0.2) is 0 Å². The van der Waals surface area contributed by atoms with Crippen molar-refractivity contribution in [3.8, 4) is 0 Å². The van der Waals surface area contributed by atoms with Gasteiger partial charge in [0.05, 0.1) is 6.10 Å². The summed E-state index contributed by atoms with van der Waals surface area (Å²) in [5.41, 5.74) is 1.46. The van der Waals surface area contributed by atoms with Gasteiger partial charge in [-0.3, -0.25) is 4.79 Å². The largest absolute Gasteiger partial charge is 0.391 e. The van der Waals surface area contributed by atoms with E-state index in [-0.39, 0.29) is 12.5 Å². The number of nitrogens with one attached hydrogen (secondary N) is 1. The predicted molar refractivity (Wildman–Crippen MR) is 64.8 cm³/mol. The quantitative estimate of drug-likeness (QED) is 0.849. The van der Waals surface area contributed by atoms with Gasteiger partial charge in [-0.05, 0) is 37.1 Å². The molecular weight excluding hydrogens is 226 g/mol. The molecule has 1 aromatic rings. The Kier molecular flexibility index (Phi) is 4.77. The lowest BCUT2D eigenvalue weighted by atomic mass is 10.1. The van der Waals surface area contributed by atoms with Crippen LogP contribution in [-0.4, -0.2) is 23.7 Å². The zero-order chi connectivity index (χ0) is 12.1. The molecule has 0 radical (unpaired) electrons. The highest BCUT2D eigenvalue weighted by Crippen LogP contribution is 2.14. The molecule has 1 atom stereocenters. The third-order valence-electron chi connectivity index (χ3n) is 2.27. The lowest BCUT2D eigenvalue weighted by Crippen LogP contribution is -2.31. The van der Waals surface area contributed by atoms with E-state index < -0.39 is 6.10 Å². The number of carbonyl (C=O) groups is 1. The zero-order valence-electron chi connectivity index (χ0n) is 9.46. The fourth-order valence-electron chi connectivity index (χ4n) is 1.32. The lowest BCUT2D eigenvalue weighted by molar-refractivity contribution is 0.0914. The molecule has 0 heterocycles. The van der Waals surface area contributed by atoms with Crippen LogP contribution in [0.4, 0.5) is 0 Å². The molecule has 0 bridgehead atoms. The van der Waals surface area contributed by atoms with Gasteiger partial charge in [0.1, 0.15) is 0 Å². The lowest BCUT2D eigenvalue weighted by Gasteiger charge is -2.10. The fourth-order valence-corrected chi connectivity index (χ4v) is 1.61. The minimum Gasteiger partial charge on any atom is -0.391 e. The molecule has 2 N–H and O–H groups in total. The van der Waals surface area contributed by atoms with E-state index in [0.29, 0.717) is 17.0 Å². The average molecular weight is 242 g/mol. The van der Waals surface area contributed by atoms with Gasteiger partial charge in [0.2, 0.25) is 0 Å². The molecule has 4 heteroatoms. The third kappa shape index (κ3) is 3.83. The van der Waals surface area contributed by atoms with Crippen molar-refractivity contribution in [3.63, 3.8) is 0 Å². The van der Waals surface area contributed by atoms with Crippen molar-refractivity contribution in [2.75, 3.05) is 6.54 Å². The van der Waals surface area contributed by atoms with Gasteiger partial charge in [0.25, 0.3) is 5.91 Å². The molecule has 0 aliphatic carbocycles. The Labute approximate surface area is 100 Å². The Morgan fingerprint density at radius 3 is 2.75 bits per heavy atom. The summed E-state index contributed by atoms with van der Waals surface area (Å²) in [6.07, 6.45) is 0.124. The van der Waals surface area contributed by atoms with Gasteiger partial charge in [-0.1, -0.05) is 18.5 Å². The Morgan fingerprint density at radius 2 is 2.19 bits per heavy atom. The SMILES string of the molecule is CCC(O)CNC(=O)c1cc(C)cc(Cl)c1. The number of hydrogen-bond donors (Lipinski definition) is 2. The van der Waals surface area contributed by atoms with E-state index in [2.05, 4.69) is 5.32 Å². The smallest absolute Gasteiger partial charge is 0.251 e. The van der Waals surface area contributed by atoms with E-state index in [1.807, 2.05) is 13.8 Å². The number of aryl methyl sites for hydroxylation is 1. The van der Waals surface area contributed by atoms with Crippen LogP contribution in [-0.2, 0) is 0 Å². The summed E-state index contributed by atoms with van der Waals surface area (Å²) in [6.45, 7) is 4.00. The molecule has 1 aromatic carbocycles. The summed E-state index contributed by atoms with van der Waals surface area (Å²) in [7, 11) is 0. The summed E-state index contributed by atoms with van der Waals surface area (Å²) in [4.78, 5) is 11.7. The maximum absolute atomic E-state index is 11.7. The molecule has 0 fully saturated rings. The van der Waals surface area contributed by atoms with Crippen molar-refractivity contribution in [2.24, 2.45) is 0 Å². The number of hydrogen-bond acceptors (Lipinski definition) is 2. The van der Waals surface area contributed by atoms with Crippen molar-refractivity contribution >= 4 is 17.5 Å². The van der Waals surface area contributed by atoms with Gasteiger partial charge in [-0.15, -0.1) is 0 Å². The minimum absolute atomic E-state index is 0.210. The molecule has 0 spiro atoms. The number of carbonyl (C=O) groups excluding carboxylic acids is 1. The van der Waals surface area contributed by atoms with E-state index in [1.165, 1.54) is 0 Å². The van der Waals surface area contributed by atoms with Crippen molar-refractivity contribution < 1.29 is 9.90 Å². The van der Waals surface area contributed by atoms with Crippen LogP contribution in [0.2, 0.25) is 5.02 Å². The highest BCUT2D eigenvalue weighted by atomic mass is 35.5. The van der Waals surface area contributed by atoms with Gasteiger partial charge < -0.3 is 10.4 Å². The van der Waals surface area contributed by atoms with E-state index >= 15 is 0 Å². The molecule has 0 aliphatic rings. The first kappa shape index (κ1) is 13.0. The van der Waals surface area contributed by atoms with Crippen LogP contribution in [0.5, 0.6) is 0 Å². The number of amides is 1. The summed E-state index contributed by atoms with van der Waals surface area (Å²) < 4.78 is 0. The van der Waals surface area contributed by atoms with Gasteiger partial charge in [-0.2, -0.15) is 0 Å². The molecule has 3 nitrogen and oxygen atoms in total. The van der Waals surface area contributed by atoms with Crippen LogP contribution in [0.3, 0.4) is 0 Å². The highest BCUT2D eigenvalue weighted by molar-refractivity contribution is 6.31. The molecule has 1 amide bonds. The normalized spacial score (nSPS) is 12.2. The minimum atomic E-state index is -0.496. The molecule has 1 rings (SSSR count). The van der Waals surface area contributed by atoms with Crippen molar-refractivity contribution in [1.29, 1.82) is 0 Å². The Hall–Kier alpha value is -1.06. The van der Waals surface area contributed by atoms with Crippen LogP contribution >= 0.6 is 11.6 Å².